The second kappa shape index (κ2) is 7.90. The molecular formula is C16H25N3O. The van der Waals surface area contributed by atoms with Crippen LogP contribution in [-0.2, 0) is 4.79 Å². The highest BCUT2D eigenvalue weighted by atomic mass is 16.1. The van der Waals surface area contributed by atoms with Crippen molar-refractivity contribution >= 4 is 17.3 Å². The quantitative estimate of drug-likeness (QED) is 0.868. The molecule has 2 rings (SSSR count). The largest absolute Gasteiger partial charge is 0.372 e. The molecule has 1 aromatic carbocycles. The van der Waals surface area contributed by atoms with Gasteiger partial charge < -0.3 is 15.5 Å². The van der Waals surface area contributed by atoms with Crippen LogP contribution in [-0.4, -0.2) is 32.1 Å². The minimum atomic E-state index is 0.00868. The average molecular weight is 275 g/mol. The van der Waals surface area contributed by atoms with E-state index in [1.807, 2.05) is 19.1 Å². The number of nitrogens with zero attached hydrogens (tertiary/aromatic N) is 1. The van der Waals surface area contributed by atoms with Gasteiger partial charge in [-0.1, -0.05) is 19.8 Å². The molecule has 1 saturated heterocycles. The topological polar surface area (TPSA) is 44.4 Å². The lowest BCUT2D eigenvalue weighted by Gasteiger charge is -2.22. The molecule has 0 unspecified atom stereocenters. The third-order valence-electron chi connectivity index (χ3n) is 3.66. The molecule has 4 heteroatoms. The number of rotatable bonds is 5. The number of carbonyl (C=O) groups is 1. The summed E-state index contributed by atoms with van der Waals surface area (Å²) in [5.41, 5.74) is 2.13. The molecule has 1 aliphatic rings. The Hall–Kier alpha value is -1.55. The van der Waals surface area contributed by atoms with Crippen LogP contribution in [0.4, 0.5) is 11.4 Å². The molecule has 20 heavy (non-hydrogen) atoms. The van der Waals surface area contributed by atoms with E-state index in [0.717, 1.165) is 25.3 Å². The van der Waals surface area contributed by atoms with Gasteiger partial charge in [0.2, 0.25) is 5.91 Å². The molecule has 1 aromatic rings. The van der Waals surface area contributed by atoms with Crippen molar-refractivity contribution in [2.45, 2.75) is 32.6 Å². The predicted molar refractivity (Wildman–Crippen MR) is 84.3 cm³/mol. The van der Waals surface area contributed by atoms with Crippen molar-refractivity contribution in [3.8, 4) is 0 Å². The van der Waals surface area contributed by atoms with Crippen molar-refractivity contribution in [3.63, 3.8) is 0 Å². The van der Waals surface area contributed by atoms with Crippen molar-refractivity contribution in [1.29, 1.82) is 0 Å². The van der Waals surface area contributed by atoms with Crippen LogP contribution in [0.5, 0.6) is 0 Å². The van der Waals surface area contributed by atoms with Gasteiger partial charge in [0.15, 0.2) is 0 Å². The highest BCUT2D eigenvalue weighted by Crippen LogP contribution is 2.21. The Morgan fingerprint density at radius 1 is 1.10 bits per heavy atom. The maximum atomic E-state index is 11.6. The van der Waals surface area contributed by atoms with E-state index in [0.29, 0.717) is 6.54 Å². The van der Waals surface area contributed by atoms with Crippen molar-refractivity contribution in [3.05, 3.63) is 24.3 Å². The summed E-state index contributed by atoms with van der Waals surface area (Å²) in [5.74, 6) is 0.00868. The van der Waals surface area contributed by atoms with Crippen molar-refractivity contribution in [2.75, 3.05) is 36.4 Å². The average Bonchev–Trinajstić information content (AvgIpc) is 2.75. The lowest BCUT2D eigenvalue weighted by molar-refractivity contribution is -0.115. The van der Waals surface area contributed by atoms with Crippen molar-refractivity contribution < 1.29 is 4.79 Å². The van der Waals surface area contributed by atoms with Gasteiger partial charge in [-0.3, -0.25) is 4.79 Å². The summed E-state index contributed by atoms with van der Waals surface area (Å²) >= 11 is 0. The van der Waals surface area contributed by atoms with E-state index in [4.69, 9.17) is 0 Å². The normalized spacial score (nSPS) is 15.8. The molecule has 0 saturated carbocycles. The summed E-state index contributed by atoms with van der Waals surface area (Å²) in [6, 6.07) is 8.19. The van der Waals surface area contributed by atoms with E-state index >= 15 is 0 Å². The highest BCUT2D eigenvalue weighted by molar-refractivity contribution is 5.92. The second-order valence-electron chi connectivity index (χ2n) is 5.28. The number of anilines is 2. The smallest absolute Gasteiger partial charge is 0.238 e. The predicted octanol–water partition coefficient (Wildman–Crippen LogP) is 2.62. The Balaban J connectivity index is 1.90. The molecule has 2 N–H and O–H groups in total. The van der Waals surface area contributed by atoms with E-state index in [-0.39, 0.29) is 5.91 Å². The monoisotopic (exact) mass is 275 g/mol. The molecule has 0 spiro atoms. The molecule has 1 aliphatic heterocycles. The molecule has 1 fully saturated rings. The molecule has 0 radical (unpaired) electrons. The molecule has 1 amide bonds. The summed E-state index contributed by atoms with van der Waals surface area (Å²) in [4.78, 5) is 14.1. The number of amides is 1. The van der Waals surface area contributed by atoms with Crippen LogP contribution in [0, 0.1) is 0 Å². The van der Waals surface area contributed by atoms with Gasteiger partial charge in [-0.2, -0.15) is 0 Å². The van der Waals surface area contributed by atoms with Gasteiger partial charge in [0.05, 0.1) is 6.54 Å². The minimum Gasteiger partial charge on any atom is -0.372 e. The molecular weight excluding hydrogens is 250 g/mol. The fraction of sp³-hybridized carbons (Fsp3) is 0.562. The Morgan fingerprint density at radius 2 is 1.75 bits per heavy atom. The Morgan fingerprint density at radius 3 is 2.35 bits per heavy atom. The SMILES string of the molecule is CCNCC(=O)Nc1ccc(N2CCCCCC2)cc1. The highest BCUT2D eigenvalue weighted by Gasteiger charge is 2.09. The zero-order valence-electron chi connectivity index (χ0n) is 12.3. The molecule has 1 heterocycles. The van der Waals surface area contributed by atoms with Crippen molar-refractivity contribution in [2.24, 2.45) is 0 Å². The summed E-state index contributed by atoms with van der Waals surface area (Å²) in [5, 5.41) is 5.92. The summed E-state index contributed by atoms with van der Waals surface area (Å²) in [7, 11) is 0. The van der Waals surface area contributed by atoms with Crippen LogP contribution in [0.1, 0.15) is 32.6 Å². The molecule has 0 bridgehead atoms. The molecule has 110 valence electrons. The van der Waals surface area contributed by atoms with Gasteiger partial charge in [-0.15, -0.1) is 0 Å². The van der Waals surface area contributed by atoms with E-state index in [1.165, 1.54) is 31.4 Å². The number of nitrogens with one attached hydrogen (secondary N) is 2. The van der Waals surface area contributed by atoms with E-state index in [1.54, 1.807) is 0 Å². The van der Waals surface area contributed by atoms with Gasteiger partial charge >= 0.3 is 0 Å². The molecule has 0 atom stereocenters. The molecule has 4 nitrogen and oxygen atoms in total. The minimum absolute atomic E-state index is 0.00868. The number of carbonyl (C=O) groups excluding carboxylic acids is 1. The van der Waals surface area contributed by atoms with Crippen LogP contribution >= 0.6 is 0 Å². The second-order valence-corrected chi connectivity index (χ2v) is 5.28. The maximum absolute atomic E-state index is 11.6. The van der Waals surface area contributed by atoms with Gasteiger partial charge in [-0.25, -0.2) is 0 Å². The number of benzene rings is 1. The van der Waals surface area contributed by atoms with Crippen molar-refractivity contribution in [1.82, 2.24) is 5.32 Å². The standard InChI is InChI=1S/C16H25N3O/c1-2-17-13-16(20)18-14-7-9-15(10-8-14)19-11-5-3-4-6-12-19/h7-10,17H,2-6,11-13H2,1H3,(H,18,20). The van der Waals surface area contributed by atoms with Gasteiger partial charge in [0, 0.05) is 24.5 Å². The first-order valence-corrected chi connectivity index (χ1v) is 7.65. The van der Waals surface area contributed by atoms with Crippen LogP contribution in [0.2, 0.25) is 0 Å². The van der Waals surface area contributed by atoms with Crippen LogP contribution in [0.25, 0.3) is 0 Å². The maximum Gasteiger partial charge on any atom is 0.238 e. The molecule has 0 aliphatic carbocycles. The van der Waals surface area contributed by atoms with E-state index in [2.05, 4.69) is 27.7 Å². The fourth-order valence-electron chi connectivity index (χ4n) is 2.53. The van der Waals surface area contributed by atoms with E-state index < -0.39 is 0 Å². The summed E-state index contributed by atoms with van der Waals surface area (Å²) in [6.07, 6.45) is 5.24. The van der Waals surface area contributed by atoms with Crippen LogP contribution < -0.4 is 15.5 Å². The number of hydrogen-bond acceptors (Lipinski definition) is 3. The first-order chi connectivity index (χ1) is 9.79. The van der Waals surface area contributed by atoms with Gasteiger partial charge in [-0.05, 0) is 43.7 Å². The number of hydrogen-bond donors (Lipinski definition) is 2. The lowest BCUT2D eigenvalue weighted by Crippen LogP contribution is -2.27. The third-order valence-corrected chi connectivity index (χ3v) is 3.66. The summed E-state index contributed by atoms with van der Waals surface area (Å²) in [6.45, 7) is 5.45. The summed E-state index contributed by atoms with van der Waals surface area (Å²) < 4.78 is 0. The Bertz CT molecular complexity index is 408. The van der Waals surface area contributed by atoms with Gasteiger partial charge in [0.1, 0.15) is 0 Å². The molecule has 0 aromatic heterocycles. The van der Waals surface area contributed by atoms with E-state index in [9.17, 15) is 4.79 Å². The Labute approximate surface area is 121 Å². The zero-order chi connectivity index (χ0) is 14.2. The van der Waals surface area contributed by atoms with Crippen LogP contribution in [0.15, 0.2) is 24.3 Å². The van der Waals surface area contributed by atoms with Gasteiger partial charge in [0.25, 0.3) is 0 Å². The Kier molecular flexibility index (Phi) is 5.87. The first kappa shape index (κ1) is 14.9. The fourth-order valence-corrected chi connectivity index (χ4v) is 2.53. The lowest BCUT2D eigenvalue weighted by atomic mass is 10.2. The third kappa shape index (κ3) is 4.53. The van der Waals surface area contributed by atoms with Crippen LogP contribution in [0.3, 0.4) is 0 Å². The first-order valence-electron chi connectivity index (χ1n) is 7.65. The zero-order valence-corrected chi connectivity index (χ0v) is 12.3. The number of likely N-dealkylation sites (N-methyl/N-ethyl adjacent to an activating group) is 1.